The SMILES string of the molecule is Cn1cc(N(C(=O)c2ccccc2)N(CCCl)CCCl)cc1C(=O)Nc1cc(C(=O)Nc2cc(C(=O)Nc3cc(C(=O)NCCC(=N)N)n(C)n3)n(C)n2)n(C)c1. The average Bonchev–Trinajstić information content (AvgIpc) is 3.93. The number of nitrogens with one attached hydrogen (secondary N) is 5. The van der Waals surface area contributed by atoms with Gasteiger partial charge < -0.3 is 36.1 Å². The summed E-state index contributed by atoms with van der Waals surface area (Å²) in [7, 11) is 6.36. The van der Waals surface area contributed by atoms with E-state index < -0.39 is 23.6 Å². The fourth-order valence-corrected chi connectivity index (χ4v) is 6.20. The van der Waals surface area contributed by atoms with Gasteiger partial charge in [-0.3, -0.25) is 38.7 Å². The quantitative estimate of drug-likeness (QED) is 0.0350. The van der Waals surface area contributed by atoms with E-state index in [9.17, 15) is 24.0 Å². The molecule has 19 nitrogen and oxygen atoms in total. The summed E-state index contributed by atoms with van der Waals surface area (Å²) in [5.41, 5.74) is 7.18. The number of hydrazine groups is 1. The van der Waals surface area contributed by atoms with Gasteiger partial charge in [0.15, 0.2) is 11.6 Å². The topological polar surface area (TPSA) is 235 Å². The van der Waals surface area contributed by atoms with Gasteiger partial charge in [0.2, 0.25) is 0 Å². The van der Waals surface area contributed by atoms with Crippen LogP contribution in [0.25, 0.3) is 0 Å². The first-order chi connectivity index (χ1) is 27.2. The third-order valence-corrected chi connectivity index (χ3v) is 8.87. The molecule has 0 aliphatic heterocycles. The lowest BCUT2D eigenvalue weighted by atomic mass is 10.2. The highest BCUT2D eigenvalue weighted by Gasteiger charge is 2.27. The third kappa shape index (κ3) is 10.1. The number of benzene rings is 1. The first kappa shape index (κ1) is 41.7. The maximum atomic E-state index is 13.8. The summed E-state index contributed by atoms with van der Waals surface area (Å²) >= 11 is 12.2. The minimum atomic E-state index is -0.599. The summed E-state index contributed by atoms with van der Waals surface area (Å²) in [4.78, 5) is 66.3. The van der Waals surface area contributed by atoms with Crippen molar-refractivity contribution in [2.75, 3.05) is 52.4 Å². The number of nitrogens with zero attached hydrogens (tertiary/aromatic N) is 8. The van der Waals surface area contributed by atoms with E-state index in [0.717, 1.165) is 0 Å². The van der Waals surface area contributed by atoms with Crippen LogP contribution >= 0.6 is 23.2 Å². The number of carbonyl (C=O) groups is 5. The van der Waals surface area contributed by atoms with Gasteiger partial charge in [-0.15, -0.1) is 23.2 Å². The molecule has 0 fully saturated rings. The van der Waals surface area contributed by atoms with Crippen LogP contribution in [0.2, 0.25) is 0 Å². The lowest BCUT2D eigenvalue weighted by Gasteiger charge is -2.33. The zero-order valence-electron chi connectivity index (χ0n) is 31.5. The minimum Gasteiger partial charge on any atom is -0.388 e. The molecule has 7 N–H and O–H groups in total. The number of aromatic nitrogens is 6. The zero-order valence-corrected chi connectivity index (χ0v) is 33.1. The number of hydrogen-bond acceptors (Lipinski definition) is 9. The Hall–Kier alpha value is -6.44. The van der Waals surface area contributed by atoms with Crippen LogP contribution in [0, 0.1) is 5.41 Å². The largest absolute Gasteiger partial charge is 0.388 e. The van der Waals surface area contributed by atoms with Gasteiger partial charge in [0.05, 0.1) is 17.2 Å². The van der Waals surface area contributed by atoms with Crippen LogP contribution in [-0.2, 0) is 28.2 Å². The Bertz CT molecular complexity index is 2290. The van der Waals surface area contributed by atoms with Gasteiger partial charge in [-0.05, 0) is 24.3 Å². The summed E-state index contributed by atoms with van der Waals surface area (Å²) in [6, 6.07) is 14.6. The number of halogens is 2. The van der Waals surface area contributed by atoms with Gasteiger partial charge in [0.25, 0.3) is 29.5 Å². The van der Waals surface area contributed by atoms with E-state index in [2.05, 4.69) is 31.5 Å². The molecule has 0 saturated heterocycles. The molecule has 5 aromatic rings. The van der Waals surface area contributed by atoms with E-state index in [1.807, 2.05) is 6.07 Å². The normalized spacial score (nSPS) is 11.0. The monoisotopic (exact) mass is 820 g/mol. The molecule has 1 aromatic carbocycles. The average molecular weight is 822 g/mol. The second-order valence-electron chi connectivity index (χ2n) is 12.7. The van der Waals surface area contributed by atoms with Gasteiger partial charge in [0.1, 0.15) is 22.8 Å². The van der Waals surface area contributed by atoms with Crippen LogP contribution in [0.3, 0.4) is 0 Å². The summed E-state index contributed by atoms with van der Waals surface area (Å²) in [5.74, 6) is -1.85. The van der Waals surface area contributed by atoms with Crippen molar-refractivity contribution in [2.24, 2.45) is 33.9 Å². The molecule has 5 amide bonds. The summed E-state index contributed by atoms with van der Waals surface area (Å²) in [5, 5.41) is 29.6. The van der Waals surface area contributed by atoms with Crippen molar-refractivity contribution in [3.8, 4) is 0 Å². The molecule has 21 heteroatoms. The Kier molecular flexibility index (Phi) is 13.5. The molecule has 4 heterocycles. The van der Waals surface area contributed by atoms with Crippen molar-refractivity contribution >= 4 is 81.6 Å². The molecule has 4 aromatic heterocycles. The molecular weight excluding hydrogens is 779 g/mol. The van der Waals surface area contributed by atoms with Crippen molar-refractivity contribution in [3.05, 3.63) is 95.3 Å². The lowest BCUT2D eigenvalue weighted by molar-refractivity contribution is 0.0901. The Morgan fingerprint density at radius 3 is 1.82 bits per heavy atom. The van der Waals surface area contributed by atoms with Crippen molar-refractivity contribution in [1.82, 2.24) is 39.0 Å². The van der Waals surface area contributed by atoms with Crippen LogP contribution in [0.4, 0.5) is 23.0 Å². The number of hydrogen-bond donors (Lipinski definition) is 6. The number of nitrogens with two attached hydrogens (primary N) is 1. The van der Waals surface area contributed by atoms with Crippen molar-refractivity contribution in [2.45, 2.75) is 6.42 Å². The van der Waals surface area contributed by atoms with Crippen LogP contribution in [0.1, 0.15) is 58.7 Å². The predicted molar refractivity (Wildman–Crippen MR) is 216 cm³/mol. The van der Waals surface area contributed by atoms with Crippen LogP contribution in [0.15, 0.2) is 67.0 Å². The first-order valence-corrected chi connectivity index (χ1v) is 18.5. The van der Waals surface area contributed by atoms with E-state index in [0.29, 0.717) is 30.0 Å². The molecule has 0 aliphatic carbocycles. The summed E-state index contributed by atoms with van der Waals surface area (Å²) in [6.07, 6.45) is 3.41. The predicted octanol–water partition coefficient (Wildman–Crippen LogP) is 2.98. The standard InChI is InChI=1S/C36H42Cl2N14O5/c1-47-20-23(42-33(54)26-17-24(21-48(26)2)52(51(14-11-37)15-12-38)36(57)22-8-6-5-7-9-22)16-25(47)34(55)43-31-19-28(50(4)46-31)35(56)44-30-18-27(49(3)45-30)32(53)41-13-10-29(39)40/h5-9,16-21H,10-15H2,1-4H3,(H3,39,40)(H,41,53)(H,42,54)(H,43,46,55)(H,44,45,56). The number of anilines is 4. The van der Waals surface area contributed by atoms with Crippen LogP contribution < -0.4 is 32.0 Å². The Balaban J connectivity index is 1.26. The summed E-state index contributed by atoms with van der Waals surface area (Å²) < 4.78 is 5.67. The Labute approximate surface area is 337 Å². The third-order valence-electron chi connectivity index (χ3n) is 8.53. The Morgan fingerprint density at radius 2 is 1.25 bits per heavy atom. The highest BCUT2D eigenvalue weighted by atomic mass is 35.5. The van der Waals surface area contributed by atoms with Crippen molar-refractivity contribution in [3.63, 3.8) is 0 Å². The second-order valence-corrected chi connectivity index (χ2v) is 13.5. The molecule has 5 rings (SSSR count). The molecule has 300 valence electrons. The van der Waals surface area contributed by atoms with Gasteiger partial charge in [0, 0.05) is 96.1 Å². The zero-order chi connectivity index (χ0) is 41.4. The molecule has 0 saturated carbocycles. The van der Waals surface area contributed by atoms with Gasteiger partial charge in [-0.2, -0.15) is 10.2 Å². The molecular formula is C36H42Cl2N14O5. The van der Waals surface area contributed by atoms with Gasteiger partial charge in [-0.1, -0.05) is 18.2 Å². The highest BCUT2D eigenvalue weighted by molar-refractivity contribution is 6.18. The molecule has 0 atom stereocenters. The molecule has 0 bridgehead atoms. The van der Waals surface area contributed by atoms with Crippen molar-refractivity contribution < 1.29 is 24.0 Å². The van der Waals surface area contributed by atoms with E-state index >= 15 is 0 Å². The maximum absolute atomic E-state index is 13.8. The van der Waals surface area contributed by atoms with Crippen LogP contribution in [0.5, 0.6) is 0 Å². The maximum Gasteiger partial charge on any atom is 0.275 e. The van der Waals surface area contributed by atoms with Gasteiger partial charge >= 0.3 is 0 Å². The van der Waals surface area contributed by atoms with E-state index in [-0.39, 0.29) is 70.9 Å². The highest BCUT2D eigenvalue weighted by Crippen LogP contribution is 2.25. The number of amides is 5. The lowest BCUT2D eigenvalue weighted by Crippen LogP contribution is -2.48. The Morgan fingerprint density at radius 1 is 0.719 bits per heavy atom. The molecule has 0 unspecified atom stereocenters. The van der Waals surface area contributed by atoms with E-state index in [4.69, 9.17) is 34.3 Å². The molecule has 0 radical (unpaired) electrons. The summed E-state index contributed by atoms with van der Waals surface area (Å²) in [6.45, 7) is 0.815. The number of rotatable bonds is 17. The van der Waals surface area contributed by atoms with Crippen LogP contribution in [-0.4, -0.2) is 100 Å². The first-order valence-electron chi connectivity index (χ1n) is 17.4. The molecule has 0 spiro atoms. The number of aryl methyl sites for hydroxylation is 4. The van der Waals surface area contributed by atoms with Crippen molar-refractivity contribution in [1.29, 1.82) is 5.41 Å². The fraction of sp³-hybridized carbons (Fsp3) is 0.278. The second kappa shape index (κ2) is 18.5. The fourth-order valence-electron chi connectivity index (χ4n) is 5.81. The van der Waals surface area contributed by atoms with E-state index in [1.165, 1.54) is 51.2 Å². The number of alkyl halides is 2. The smallest absolute Gasteiger partial charge is 0.275 e. The van der Waals surface area contributed by atoms with E-state index in [1.54, 1.807) is 66.4 Å². The molecule has 0 aliphatic rings. The number of carbonyl (C=O) groups excluding carboxylic acids is 5. The minimum absolute atomic E-state index is 0.0615. The number of amidine groups is 1. The molecule has 57 heavy (non-hydrogen) atoms. The van der Waals surface area contributed by atoms with Gasteiger partial charge in [-0.25, -0.2) is 10.0 Å².